The highest BCUT2D eigenvalue weighted by atomic mass is 79.9. The van der Waals surface area contributed by atoms with Gasteiger partial charge < -0.3 is 9.84 Å². The molecule has 0 aliphatic carbocycles. The van der Waals surface area contributed by atoms with Gasteiger partial charge in [0.15, 0.2) is 0 Å². The molecule has 2 aromatic rings. The van der Waals surface area contributed by atoms with Gasteiger partial charge in [0.25, 0.3) is 0 Å². The molecule has 1 N–H and O–H groups in total. The Hall–Kier alpha value is -1.55. The summed E-state index contributed by atoms with van der Waals surface area (Å²) in [6.07, 6.45) is 0. The molecule has 4 heteroatoms. The number of halogens is 1. The van der Waals surface area contributed by atoms with Crippen LogP contribution in [-0.2, 0) is 4.74 Å². The maximum absolute atomic E-state index is 11.3. The smallest absolute Gasteiger partial charge is 0.337 e. The molecule has 0 saturated carbocycles. The highest BCUT2D eigenvalue weighted by molar-refractivity contribution is 9.10. The van der Waals surface area contributed by atoms with Crippen LogP contribution in [0.1, 0.15) is 10.4 Å². The Morgan fingerprint density at radius 1 is 1.31 bits per heavy atom. The minimum Gasteiger partial charge on any atom is -0.507 e. The molecular formula is C12H9BrO3. The number of methoxy groups -OCH3 is 1. The molecular weight excluding hydrogens is 272 g/mol. The van der Waals surface area contributed by atoms with Gasteiger partial charge in [-0.15, -0.1) is 0 Å². The number of ether oxygens (including phenoxy) is 1. The van der Waals surface area contributed by atoms with Crippen LogP contribution in [-0.4, -0.2) is 18.2 Å². The van der Waals surface area contributed by atoms with E-state index in [1.54, 1.807) is 30.3 Å². The number of benzene rings is 2. The van der Waals surface area contributed by atoms with Gasteiger partial charge in [0.1, 0.15) is 5.75 Å². The Labute approximate surface area is 101 Å². The van der Waals surface area contributed by atoms with E-state index in [2.05, 4.69) is 20.7 Å². The first kappa shape index (κ1) is 11.0. The molecule has 0 amide bonds. The summed E-state index contributed by atoms with van der Waals surface area (Å²) in [6, 6.07) is 8.49. The molecule has 0 aliphatic rings. The Morgan fingerprint density at radius 3 is 2.75 bits per heavy atom. The van der Waals surface area contributed by atoms with Crippen molar-refractivity contribution in [2.45, 2.75) is 0 Å². The van der Waals surface area contributed by atoms with Crippen LogP contribution in [0.15, 0.2) is 34.8 Å². The fourth-order valence-corrected chi connectivity index (χ4v) is 2.02. The fraction of sp³-hybridized carbons (Fsp3) is 0.0833. The van der Waals surface area contributed by atoms with Crippen molar-refractivity contribution in [1.29, 1.82) is 0 Å². The Balaban J connectivity index is 2.65. The highest BCUT2D eigenvalue weighted by Gasteiger charge is 2.08. The average Bonchev–Trinajstić information content (AvgIpc) is 2.32. The summed E-state index contributed by atoms with van der Waals surface area (Å²) in [6.45, 7) is 0. The molecule has 0 fully saturated rings. The zero-order valence-corrected chi connectivity index (χ0v) is 10.1. The Kier molecular flexibility index (Phi) is 2.83. The molecule has 0 radical (unpaired) electrons. The predicted molar refractivity (Wildman–Crippen MR) is 64.7 cm³/mol. The SMILES string of the molecule is COC(=O)c1ccc2c(Br)c(O)ccc2c1. The van der Waals surface area contributed by atoms with E-state index in [1.165, 1.54) is 7.11 Å². The predicted octanol–water partition coefficient (Wildman–Crippen LogP) is 3.09. The van der Waals surface area contributed by atoms with Gasteiger partial charge in [-0.25, -0.2) is 4.79 Å². The minimum atomic E-state index is -0.369. The normalized spacial score (nSPS) is 10.4. The Bertz CT molecular complexity index is 563. The molecule has 0 spiro atoms. The lowest BCUT2D eigenvalue weighted by Crippen LogP contribution is -2.00. The first-order chi connectivity index (χ1) is 7.63. The molecule has 0 heterocycles. The number of hydrogen-bond donors (Lipinski definition) is 1. The summed E-state index contributed by atoms with van der Waals surface area (Å²) in [5, 5.41) is 11.2. The third-order valence-corrected chi connectivity index (χ3v) is 3.19. The first-order valence-electron chi connectivity index (χ1n) is 4.63. The second kappa shape index (κ2) is 4.14. The van der Waals surface area contributed by atoms with Crippen molar-refractivity contribution in [3.05, 3.63) is 40.4 Å². The zero-order chi connectivity index (χ0) is 11.7. The van der Waals surface area contributed by atoms with Crippen LogP contribution in [0.2, 0.25) is 0 Å². The molecule has 0 aliphatic heterocycles. The highest BCUT2D eigenvalue weighted by Crippen LogP contribution is 2.32. The van der Waals surface area contributed by atoms with E-state index in [-0.39, 0.29) is 11.7 Å². The summed E-state index contributed by atoms with van der Waals surface area (Å²) in [5.41, 5.74) is 0.493. The van der Waals surface area contributed by atoms with Gasteiger partial charge in [0, 0.05) is 0 Å². The average molecular weight is 281 g/mol. The largest absolute Gasteiger partial charge is 0.507 e. The van der Waals surface area contributed by atoms with Crippen molar-refractivity contribution < 1.29 is 14.6 Å². The van der Waals surface area contributed by atoms with E-state index in [9.17, 15) is 9.90 Å². The number of phenolic OH excluding ortho intramolecular Hbond substituents is 1. The van der Waals surface area contributed by atoms with Crippen LogP contribution >= 0.6 is 15.9 Å². The van der Waals surface area contributed by atoms with Crippen LogP contribution in [0, 0.1) is 0 Å². The zero-order valence-electron chi connectivity index (χ0n) is 8.53. The quantitative estimate of drug-likeness (QED) is 0.817. The van der Waals surface area contributed by atoms with E-state index in [1.807, 2.05) is 0 Å². The van der Waals surface area contributed by atoms with Gasteiger partial charge in [0.2, 0.25) is 0 Å². The molecule has 2 rings (SSSR count). The number of hydrogen-bond acceptors (Lipinski definition) is 3. The standard InChI is InChI=1S/C12H9BrO3/c1-16-12(15)8-2-4-9-7(6-8)3-5-10(14)11(9)13/h2-6,14H,1H3. The maximum atomic E-state index is 11.3. The van der Waals surface area contributed by atoms with Crippen molar-refractivity contribution in [3.8, 4) is 5.75 Å². The molecule has 0 saturated heterocycles. The van der Waals surface area contributed by atoms with Crippen molar-refractivity contribution >= 4 is 32.7 Å². The maximum Gasteiger partial charge on any atom is 0.337 e. The van der Waals surface area contributed by atoms with E-state index < -0.39 is 0 Å². The molecule has 0 aromatic heterocycles. The summed E-state index contributed by atoms with van der Waals surface area (Å²) >= 11 is 3.29. The van der Waals surface area contributed by atoms with Crippen LogP contribution in [0.4, 0.5) is 0 Å². The van der Waals surface area contributed by atoms with E-state index in [4.69, 9.17) is 0 Å². The number of phenols is 1. The molecule has 3 nitrogen and oxygen atoms in total. The van der Waals surface area contributed by atoms with Gasteiger partial charge in [-0.1, -0.05) is 12.1 Å². The molecule has 16 heavy (non-hydrogen) atoms. The summed E-state index contributed by atoms with van der Waals surface area (Å²) in [5.74, 6) is -0.190. The number of carbonyl (C=O) groups is 1. The van der Waals surface area contributed by atoms with Gasteiger partial charge >= 0.3 is 5.97 Å². The lowest BCUT2D eigenvalue weighted by molar-refractivity contribution is 0.0601. The molecule has 82 valence electrons. The lowest BCUT2D eigenvalue weighted by atomic mass is 10.1. The third-order valence-electron chi connectivity index (χ3n) is 2.35. The summed E-state index contributed by atoms with van der Waals surface area (Å²) < 4.78 is 5.27. The van der Waals surface area contributed by atoms with E-state index in [0.29, 0.717) is 10.0 Å². The second-order valence-corrected chi connectivity index (χ2v) is 4.12. The van der Waals surface area contributed by atoms with Crippen molar-refractivity contribution in [1.82, 2.24) is 0 Å². The monoisotopic (exact) mass is 280 g/mol. The molecule has 0 atom stereocenters. The first-order valence-corrected chi connectivity index (χ1v) is 5.42. The van der Waals surface area contributed by atoms with Crippen LogP contribution in [0.5, 0.6) is 5.75 Å². The third kappa shape index (κ3) is 1.76. The minimum absolute atomic E-state index is 0.179. The van der Waals surface area contributed by atoms with Crippen molar-refractivity contribution in [2.24, 2.45) is 0 Å². The second-order valence-electron chi connectivity index (χ2n) is 3.33. The van der Waals surface area contributed by atoms with Gasteiger partial charge in [-0.2, -0.15) is 0 Å². The Morgan fingerprint density at radius 2 is 2.06 bits per heavy atom. The number of carbonyl (C=O) groups excluding carboxylic acids is 1. The number of aromatic hydroxyl groups is 1. The van der Waals surface area contributed by atoms with E-state index in [0.717, 1.165) is 10.8 Å². The van der Waals surface area contributed by atoms with Gasteiger partial charge in [-0.05, 0) is 44.9 Å². The van der Waals surface area contributed by atoms with E-state index >= 15 is 0 Å². The van der Waals surface area contributed by atoms with Gasteiger partial charge in [0.05, 0.1) is 17.1 Å². The number of esters is 1. The number of rotatable bonds is 1. The summed E-state index contributed by atoms with van der Waals surface area (Å²) in [4.78, 5) is 11.3. The topological polar surface area (TPSA) is 46.5 Å². The summed E-state index contributed by atoms with van der Waals surface area (Å²) in [7, 11) is 1.35. The van der Waals surface area contributed by atoms with Crippen molar-refractivity contribution in [3.63, 3.8) is 0 Å². The molecule has 0 unspecified atom stereocenters. The fourth-order valence-electron chi connectivity index (χ4n) is 1.53. The van der Waals surface area contributed by atoms with Crippen LogP contribution in [0.3, 0.4) is 0 Å². The van der Waals surface area contributed by atoms with Gasteiger partial charge in [-0.3, -0.25) is 0 Å². The van der Waals surface area contributed by atoms with Crippen molar-refractivity contribution in [2.75, 3.05) is 7.11 Å². The number of fused-ring (bicyclic) bond motifs is 1. The van der Waals surface area contributed by atoms with Crippen LogP contribution < -0.4 is 0 Å². The molecule has 2 aromatic carbocycles. The molecule has 0 bridgehead atoms. The van der Waals surface area contributed by atoms with Crippen LogP contribution in [0.25, 0.3) is 10.8 Å². The lowest BCUT2D eigenvalue weighted by Gasteiger charge is -2.05.